The van der Waals surface area contributed by atoms with Crippen molar-refractivity contribution in [3.8, 4) is 0 Å². The maximum absolute atomic E-state index is 2.30. The van der Waals surface area contributed by atoms with Crippen LogP contribution in [-0.4, -0.2) is 0 Å². The topological polar surface area (TPSA) is 0 Å². The number of benzene rings is 1. The molecule has 0 amide bonds. The van der Waals surface area contributed by atoms with Gasteiger partial charge in [-0.1, -0.05) is 65.0 Å². The molecule has 86 valence electrons. The van der Waals surface area contributed by atoms with Crippen LogP contribution in [0.1, 0.15) is 58.9 Å². The molecule has 0 radical (unpaired) electrons. The summed E-state index contributed by atoms with van der Waals surface area (Å²) in [6.45, 7) is 10.9. The fraction of sp³-hybridized carbons (Fsp3) is 0.600. The zero-order chi connectivity index (χ0) is 11.7. The Labute approximate surface area is 95.7 Å². The smallest absolute Gasteiger partial charge is 0.0162 e. The molecule has 1 aromatic carbocycles. The summed E-state index contributed by atoms with van der Waals surface area (Å²) in [5.74, 6) is 1.55. The van der Waals surface area contributed by atoms with Gasteiger partial charge in [0, 0.05) is 0 Å². The van der Waals surface area contributed by atoms with Crippen LogP contribution < -0.4 is 0 Å². The average Bonchev–Trinajstić information content (AvgIpc) is 2.29. The van der Waals surface area contributed by atoms with Crippen LogP contribution in [0.5, 0.6) is 0 Å². The standard InChI is InChI=1S/C13H20.C2H6/c1-4-12(10-11(2)3)13-8-6-5-7-9-13;1-2/h5-9,11-12H,4,10H2,1-3H3;1-2H3. The second-order valence-corrected chi connectivity index (χ2v) is 4.15. The SMILES string of the molecule is CC.CCC(CC(C)C)c1ccccc1. The van der Waals surface area contributed by atoms with E-state index in [0.29, 0.717) is 0 Å². The number of hydrogen-bond acceptors (Lipinski definition) is 0. The van der Waals surface area contributed by atoms with E-state index in [9.17, 15) is 0 Å². The molecule has 0 aliphatic carbocycles. The molecule has 15 heavy (non-hydrogen) atoms. The van der Waals surface area contributed by atoms with Gasteiger partial charge in [0.05, 0.1) is 0 Å². The highest BCUT2D eigenvalue weighted by Crippen LogP contribution is 2.26. The fourth-order valence-electron chi connectivity index (χ4n) is 1.83. The first-order valence-corrected chi connectivity index (χ1v) is 6.29. The van der Waals surface area contributed by atoms with Gasteiger partial charge in [0.25, 0.3) is 0 Å². The summed E-state index contributed by atoms with van der Waals surface area (Å²) in [5, 5.41) is 0. The normalized spacial score (nSPS) is 11.9. The molecule has 1 atom stereocenters. The molecule has 0 aliphatic rings. The molecule has 0 heterocycles. The number of rotatable bonds is 4. The zero-order valence-corrected chi connectivity index (χ0v) is 11.0. The summed E-state index contributed by atoms with van der Waals surface area (Å²) in [5.41, 5.74) is 1.50. The monoisotopic (exact) mass is 206 g/mol. The van der Waals surface area contributed by atoms with Crippen LogP contribution in [0.4, 0.5) is 0 Å². The van der Waals surface area contributed by atoms with Gasteiger partial charge in [-0.2, -0.15) is 0 Å². The molecule has 0 aliphatic heterocycles. The lowest BCUT2D eigenvalue weighted by molar-refractivity contribution is 0.489. The van der Waals surface area contributed by atoms with Crippen LogP contribution in [0.25, 0.3) is 0 Å². The largest absolute Gasteiger partial charge is 0.0683 e. The Morgan fingerprint density at radius 1 is 1.00 bits per heavy atom. The van der Waals surface area contributed by atoms with Crippen LogP contribution in [0.2, 0.25) is 0 Å². The molecular weight excluding hydrogens is 180 g/mol. The van der Waals surface area contributed by atoms with Crippen molar-refractivity contribution >= 4 is 0 Å². The van der Waals surface area contributed by atoms with Crippen LogP contribution >= 0.6 is 0 Å². The lowest BCUT2D eigenvalue weighted by Gasteiger charge is -2.17. The Morgan fingerprint density at radius 2 is 1.53 bits per heavy atom. The molecular formula is C15H26. The zero-order valence-electron chi connectivity index (χ0n) is 11.0. The van der Waals surface area contributed by atoms with Gasteiger partial charge in [-0.05, 0) is 30.2 Å². The minimum Gasteiger partial charge on any atom is -0.0683 e. The summed E-state index contributed by atoms with van der Waals surface area (Å²) in [6, 6.07) is 10.9. The van der Waals surface area contributed by atoms with Crippen molar-refractivity contribution in [2.24, 2.45) is 5.92 Å². The van der Waals surface area contributed by atoms with E-state index in [-0.39, 0.29) is 0 Å². The second kappa shape index (κ2) is 8.52. The Hall–Kier alpha value is -0.780. The molecule has 0 spiro atoms. The van der Waals surface area contributed by atoms with Gasteiger partial charge < -0.3 is 0 Å². The van der Waals surface area contributed by atoms with Gasteiger partial charge in [-0.25, -0.2) is 0 Å². The van der Waals surface area contributed by atoms with Crippen LogP contribution in [0.15, 0.2) is 30.3 Å². The molecule has 0 nitrogen and oxygen atoms in total. The predicted octanol–water partition coefficient (Wildman–Crippen LogP) is 5.25. The summed E-state index contributed by atoms with van der Waals surface area (Å²) < 4.78 is 0. The quantitative estimate of drug-likeness (QED) is 0.631. The third-order valence-electron chi connectivity index (χ3n) is 2.52. The van der Waals surface area contributed by atoms with E-state index in [1.165, 1.54) is 18.4 Å². The maximum Gasteiger partial charge on any atom is -0.0162 e. The van der Waals surface area contributed by atoms with Crippen LogP contribution in [-0.2, 0) is 0 Å². The first-order valence-electron chi connectivity index (χ1n) is 6.29. The molecule has 0 saturated carbocycles. The van der Waals surface area contributed by atoms with Gasteiger partial charge in [-0.3, -0.25) is 0 Å². The molecule has 0 heteroatoms. The fourth-order valence-corrected chi connectivity index (χ4v) is 1.83. The van der Waals surface area contributed by atoms with Gasteiger partial charge in [0.1, 0.15) is 0 Å². The highest BCUT2D eigenvalue weighted by molar-refractivity contribution is 5.19. The van der Waals surface area contributed by atoms with E-state index in [4.69, 9.17) is 0 Å². The molecule has 1 rings (SSSR count). The summed E-state index contributed by atoms with van der Waals surface area (Å²) in [4.78, 5) is 0. The summed E-state index contributed by atoms with van der Waals surface area (Å²) in [7, 11) is 0. The van der Waals surface area contributed by atoms with E-state index in [1.807, 2.05) is 13.8 Å². The minimum atomic E-state index is 0.751. The first kappa shape index (κ1) is 14.2. The van der Waals surface area contributed by atoms with E-state index in [2.05, 4.69) is 51.1 Å². The Kier molecular flexibility index (Phi) is 8.08. The highest BCUT2D eigenvalue weighted by Gasteiger charge is 2.09. The summed E-state index contributed by atoms with van der Waals surface area (Å²) >= 11 is 0. The highest BCUT2D eigenvalue weighted by atomic mass is 14.1. The van der Waals surface area contributed by atoms with Gasteiger partial charge in [-0.15, -0.1) is 0 Å². The third kappa shape index (κ3) is 5.61. The van der Waals surface area contributed by atoms with E-state index < -0.39 is 0 Å². The van der Waals surface area contributed by atoms with Crippen molar-refractivity contribution < 1.29 is 0 Å². The Bertz CT molecular complexity index is 223. The lowest BCUT2D eigenvalue weighted by atomic mass is 9.88. The third-order valence-corrected chi connectivity index (χ3v) is 2.52. The molecule has 1 aromatic rings. The van der Waals surface area contributed by atoms with Gasteiger partial charge in [0.15, 0.2) is 0 Å². The molecule has 0 fully saturated rings. The minimum absolute atomic E-state index is 0.751. The first-order chi connectivity index (χ1) is 7.24. The Morgan fingerprint density at radius 3 is 1.93 bits per heavy atom. The molecule has 0 bridgehead atoms. The molecule has 0 aromatic heterocycles. The number of hydrogen-bond donors (Lipinski definition) is 0. The molecule has 0 saturated heterocycles. The Balaban J connectivity index is 0.000000921. The average molecular weight is 206 g/mol. The second-order valence-electron chi connectivity index (χ2n) is 4.15. The van der Waals surface area contributed by atoms with E-state index in [0.717, 1.165) is 11.8 Å². The van der Waals surface area contributed by atoms with Crippen molar-refractivity contribution in [3.63, 3.8) is 0 Å². The summed E-state index contributed by atoms with van der Waals surface area (Å²) in [6.07, 6.45) is 2.56. The van der Waals surface area contributed by atoms with E-state index >= 15 is 0 Å². The van der Waals surface area contributed by atoms with Crippen molar-refractivity contribution in [3.05, 3.63) is 35.9 Å². The van der Waals surface area contributed by atoms with E-state index in [1.54, 1.807) is 0 Å². The van der Waals surface area contributed by atoms with Crippen LogP contribution in [0.3, 0.4) is 0 Å². The van der Waals surface area contributed by atoms with Crippen molar-refractivity contribution in [2.45, 2.75) is 53.4 Å². The van der Waals surface area contributed by atoms with Gasteiger partial charge in [0.2, 0.25) is 0 Å². The molecule has 1 unspecified atom stereocenters. The predicted molar refractivity (Wildman–Crippen MR) is 70.3 cm³/mol. The van der Waals surface area contributed by atoms with Crippen molar-refractivity contribution in [1.82, 2.24) is 0 Å². The van der Waals surface area contributed by atoms with Crippen molar-refractivity contribution in [2.75, 3.05) is 0 Å². The van der Waals surface area contributed by atoms with Crippen molar-refractivity contribution in [1.29, 1.82) is 0 Å². The molecule has 0 N–H and O–H groups in total. The maximum atomic E-state index is 2.30. The lowest BCUT2D eigenvalue weighted by Crippen LogP contribution is -2.01. The van der Waals surface area contributed by atoms with Gasteiger partial charge >= 0.3 is 0 Å². The van der Waals surface area contributed by atoms with Crippen LogP contribution in [0, 0.1) is 5.92 Å².